The number of nitrogens with zero attached hydrogens (tertiary/aromatic N) is 2. The molecule has 22 heavy (non-hydrogen) atoms. The molecule has 1 saturated heterocycles. The molecule has 0 saturated carbocycles. The zero-order chi connectivity index (χ0) is 16.3. The van der Waals surface area contributed by atoms with Crippen LogP contribution >= 0.6 is 0 Å². The lowest BCUT2D eigenvalue weighted by atomic mass is 9.86. The lowest BCUT2D eigenvalue weighted by Crippen LogP contribution is -2.56. The standard InChI is InChI=1S/C17H25N3O2/c1-17(2,3)14(18)16(22)20-11-9-19(10-12-20)15(21)13-7-5-4-6-8-13/h4-8,14H,9-12,18H2,1-3H3/t14-/m1/s1. The van der Waals surface area contributed by atoms with Gasteiger partial charge in [-0.15, -0.1) is 0 Å². The maximum absolute atomic E-state index is 12.4. The number of carbonyl (C=O) groups excluding carboxylic acids is 2. The molecule has 1 fully saturated rings. The SMILES string of the molecule is CC(C)(C)[C@H](N)C(=O)N1CCN(C(=O)c2ccccc2)CC1. The highest BCUT2D eigenvalue weighted by Crippen LogP contribution is 2.20. The predicted molar refractivity (Wildman–Crippen MR) is 86.4 cm³/mol. The highest BCUT2D eigenvalue weighted by Gasteiger charge is 2.33. The number of hydrogen-bond acceptors (Lipinski definition) is 3. The van der Waals surface area contributed by atoms with E-state index in [1.807, 2.05) is 51.1 Å². The number of amides is 2. The van der Waals surface area contributed by atoms with Crippen LogP contribution in [0.15, 0.2) is 30.3 Å². The molecule has 0 spiro atoms. The first-order valence-electron chi connectivity index (χ1n) is 7.69. The third-order valence-corrected chi connectivity index (χ3v) is 4.10. The Morgan fingerprint density at radius 3 is 2.00 bits per heavy atom. The lowest BCUT2D eigenvalue weighted by Gasteiger charge is -2.38. The van der Waals surface area contributed by atoms with E-state index in [1.165, 1.54) is 0 Å². The molecule has 0 aliphatic carbocycles. The van der Waals surface area contributed by atoms with Gasteiger partial charge in [-0.25, -0.2) is 0 Å². The Hall–Kier alpha value is -1.88. The minimum Gasteiger partial charge on any atom is -0.338 e. The number of carbonyl (C=O) groups is 2. The van der Waals surface area contributed by atoms with Crippen molar-refractivity contribution in [2.45, 2.75) is 26.8 Å². The first-order valence-corrected chi connectivity index (χ1v) is 7.69. The molecule has 2 N–H and O–H groups in total. The van der Waals surface area contributed by atoms with Crippen LogP contribution in [0, 0.1) is 5.41 Å². The summed E-state index contributed by atoms with van der Waals surface area (Å²) in [5.74, 6) is -0.00729. The first kappa shape index (κ1) is 16.5. The second-order valence-corrected chi connectivity index (χ2v) is 6.83. The summed E-state index contributed by atoms with van der Waals surface area (Å²) in [4.78, 5) is 28.3. The normalized spacial score (nSPS) is 17.3. The molecule has 5 heteroatoms. The van der Waals surface area contributed by atoms with Crippen molar-refractivity contribution in [3.8, 4) is 0 Å². The second-order valence-electron chi connectivity index (χ2n) is 6.83. The fourth-order valence-electron chi connectivity index (χ4n) is 2.46. The van der Waals surface area contributed by atoms with Gasteiger partial charge < -0.3 is 15.5 Å². The van der Waals surface area contributed by atoms with Crippen molar-refractivity contribution in [3.63, 3.8) is 0 Å². The second kappa shape index (κ2) is 6.48. The van der Waals surface area contributed by atoms with Gasteiger partial charge >= 0.3 is 0 Å². The zero-order valence-corrected chi connectivity index (χ0v) is 13.6. The van der Waals surface area contributed by atoms with E-state index in [9.17, 15) is 9.59 Å². The summed E-state index contributed by atoms with van der Waals surface area (Å²) in [7, 11) is 0. The van der Waals surface area contributed by atoms with Gasteiger partial charge in [0, 0.05) is 31.7 Å². The fourth-order valence-corrected chi connectivity index (χ4v) is 2.46. The van der Waals surface area contributed by atoms with E-state index < -0.39 is 6.04 Å². The first-order chi connectivity index (χ1) is 10.3. The van der Waals surface area contributed by atoms with Crippen LogP contribution in [0.4, 0.5) is 0 Å². The van der Waals surface area contributed by atoms with Crippen LogP contribution in [0.1, 0.15) is 31.1 Å². The molecule has 120 valence electrons. The molecule has 0 radical (unpaired) electrons. The smallest absolute Gasteiger partial charge is 0.253 e. The fraction of sp³-hybridized carbons (Fsp3) is 0.529. The van der Waals surface area contributed by atoms with E-state index in [2.05, 4.69) is 0 Å². The molecule has 2 amide bonds. The van der Waals surface area contributed by atoms with Gasteiger partial charge in [0.2, 0.25) is 5.91 Å². The number of benzene rings is 1. The van der Waals surface area contributed by atoms with Crippen molar-refractivity contribution < 1.29 is 9.59 Å². The van der Waals surface area contributed by atoms with Crippen molar-refractivity contribution in [3.05, 3.63) is 35.9 Å². The number of hydrogen-bond donors (Lipinski definition) is 1. The van der Waals surface area contributed by atoms with Gasteiger partial charge in [-0.2, -0.15) is 0 Å². The molecule has 1 aliphatic heterocycles. The molecule has 2 rings (SSSR count). The minimum absolute atomic E-state index is 0.0211. The van der Waals surface area contributed by atoms with Gasteiger partial charge in [-0.05, 0) is 17.5 Å². The monoisotopic (exact) mass is 303 g/mol. The van der Waals surface area contributed by atoms with Gasteiger partial charge in [0.15, 0.2) is 0 Å². The Labute approximate surface area is 132 Å². The Morgan fingerprint density at radius 1 is 1.00 bits per heavy atom. The zero-order valence-electron chi connectivity index (χ0n) is 13.6. The highest BCUT2D eigenvalue weighted by molar-refractivity contribution is 5.94. The average molecular weight is 303 g/mol. The Morgan fingerprint density at radius 2 is 1.50 bits per heavy atom. The predicted octanol–water partition coefficient (Wildman–Crippen LogP) is 1.34. The third kappa shape index (κ3) is 3.65. The number of nitrogens with two attached hydrogens (primary N) is 1. The van der Waals surface area contributed by atoms with E-state index in [0.717, 1.165) is 0 Å². The molecule has 1 atom stereocenters. The Balaban J connectivity index is 1.93. The molecule has 1 aromatic rings. The van der Waals surface area contributed by atoms with Crippen molar-refractivity contribution >= 4 is 11.8 Å². The van der Waals surface area contributed by atoms with Crippen LogP contribution in [-0.4, -0.2) is 53.8 Å². The van der Waals surface area contributed by atoms with E-state index in [0.29, 0.717) is 31.7 Å². The molecule has 1 aromatic carbocycles. The van der Waals surface area contributed by atoms with Crippen molar-refractivity contribution in [1.29, 1.82) is 0 Å². The topological polar surface area (TPSA) is 66.6 Å². The highest BCUT2D eigenvalue weighted by atomic mass is 16.2. The molecular weight excluding hydrogens is 278 g/mol. The summed E-state index contributed by atoms with van der Waals surface area (Å²) in [6.07, 6.45) is 0. The quantitative estimate of drug-likeness (QED) is 0.896. The van der Waals surface area contributed by atoms with E-state index in [-0.39, 0.29) is 17.2 Å². The molecular formula is C17H25N3O2. The Bertz CT molecular complexity index is 529. The van der Waals surface area contributed by atoms with Gasteiger partial charge in [-0.3, -0.25) is 9.59 Å². The van der Waals surface area contributed by atoms with E-state index >= 15 is 0 Å². The molecule has 0 aromatic heterocycles. The van der Waals surface area contributed by atoms with Crippen LogP contribution in [0.2, 0.25) is 0 Å². The van der Waals surface area contributed by atoms with Crippen LogP contribution in [0.3, 0.4) is 0 Å². The lowest BCUT2D eigenvalue weighted by molar-refractivity contribution is -0.136. The van der Waals surface area contributed by atoms with E-state index in [4.69, 9.17) is 5.73 Å². The third-order valence-electron chi connectivity index (χ3n) is 4.10. The summed E-state index contributed by atoms with van der Waals surface area (Å²) in [5, 5.41) is 0. The van der Waals surface area contributed by atoms with E-state index in [1.54, 1.807) is 9.80 Å². The van der Waals surface area contributed by atoms with Crippen molar-refractivity contribution in [2.75, 3.05) is 26.2 Å². The summed E-state index contributed by atoms with van der Waals surface area (Å²) >= 11 is 0. The largest absolute Gasteiger partial charge is 0.338 e. The summed E-state index contributed by atoms with van der Waals surface area (Å²) < 4.78 is 0. The molecule has 5 nitrogen and oxygen atoms in total. The summed E-state index contributed by atoms with van der Waals surface area (Å²) in [5.41, 5.74) is 6.47. The maximum atomic E-state index is 12.4. The molecule has 0 unspecified atom stereocenters. The van der Waals surface area contributed by atoms with Crippen LogP contribution < -0.4 is 5.73 Å². The minimum atomic E-state index is -0.510. The molecule has 0 bridgehead atoms. The number of piperazine rings is 1. The van der Waals surface area contributed by atoms with Crippen molar-refractivity contribution in [2.24, 2.45) is 11.1 Å². The average Bonchev–Trinajstić information content (AvgIpc) is 2.53. The van der Waals surface area contributed by atoms with Gasteiger partial charge in [-0.1, -0.05) is 39.0 Å². The van der Waals surface area contributed by atoms with Crippen LogP contribution in [-0.2, 0) is 4.79 Å². The summed E-state index contributed by atoms with van der Waals surface area (Å²) in [6, 6.07) is 8.72. The van der Waals surface area contributed by atoms with Crippen LogP contribution in [0.5, 0.6) is 0 Å². The van der Waals surface area contributed by atoms with Gasteiger partial charge in [0.05, 0.1) is 6.04 Å². The Kier molecular flexibility index (Phi) is 4.86. The van der Waals surface area contributed by atoms with Crippen LogP contribution in [0.25, 0.3) is 0 Å². The van der Waals surface area contributed by atoms with Crippen molar-refractivity contribution in [1.82, 2.24) is 9.80 Å². The maximum Gasteiger partial charge on any atom is 0.253 e. The number of rotatable bonds is 2. The summed E-state index contributed by atoms with van der Waals surface area (Å²) in [6.45, 7) is 8.08. The van der Waals surface area contributed by atoms with Gasteiger partial charge in [0.25, 0.3) is 5.91 Å². The molecule has 1 heterocycles. The molecule has 1 aliphatic rings. The van der Waals surface area contributed by atoms with Gasteiger partial charge in [0.1, 0.15) is 0 Å².